The standard InChI is InChI=1S/C13H24N2O2S2/c1-5-7-11(6-2)15-19(16,17)13-8-10(3)12(18-13)9-14-4/h8,11,14-15H,5-7,9H2,1-4H3. The van der Waals surface area contributed by atoms with Crippen molar-refractivity contribution in [1.29, 1.82) is 0 Å². The van der Waals surface area contributed by atoms with E-state index in [1.807, 2.05) is 20.9 Å². The van der Waals surface area contributed by atoms with Gasteiger partial charge in [-0.25, -0.2) is 13.1 Å². The van der Waals surface area contributed by atoms with Gasteiger partial charge < -0.3 is 5.32 Å². The molecule has 1 rings (SSSR count). The van der Waals surface area contributed by atoms with Crippen LogP contribution in [0.15, 0.2) is 10.3 Å². The van der Waals surface area contributed by atoms with Crippen molar-refractivity contribution in [2.24, 2.45) is 0 Å². The lowest BCUT2D eigenvalue weighted by molar-refractivity contribution is 0.513. The van der Waals surface area contributed by atoms with Crippen molar-refractivity contribution in [3.63, 3.8) is 0 Å². The van der Waals surface area contributed by atoms with Gasteiger partial charge in [0, 0.05) is 17.5 Å². The minimum atomic E-state index is -3.37. The third-order valence-corrected chi connectivity index (χ3v) is 6.28. The van der Waals surface area contributed by atoms with Gasteiger partial charge >= 0.3 is 0 Å². The summed E-state index contributed by atoms with van der Waals surface area (Å²) < 4.78 is 27.9. The second-order valence-electron chi connectivity index (χ2n) is 4.72. The maximum Gasteiger partial charge on any atom is 0.250 e. The Morgan fingerprint density at radius 3 is 2.58 bits per heavy atom. The van der Waals surface area contributed by atoms with E-state index < -0.39 is 10.0 Å². The van der Waals surface area contributed by atoms with Crippen molar-refractivity contribution in [2.45, 2.75) is 56.8 Å². The van der Waals surface area contributed by atoms with Crippen LogP contribution in [0.5, 0.6) is 0 Å². The van der Waals surface area contributed by atoms with Gasteiger partial charge in [-0.2, -0.15) is 0 Å². The number of sulfonamides is 1. The average Bonchev–Trinajstić information content (AvgIpc) is 2.72. The van der Waals surface area contributed by atoms with Crippen molar-refractivity contribution in [2.75, 3.05) is 7.05 Å². The molecule has 19 heavy (non-hydrogen) atoms. The van der Waals surface area contributed by atoms with Crippen LogP contribution in [0.1, 0.15) is 43.6 Å². The Morgan fingerprint density at radius 2 is 2.05 bits per heavy atom. The van der Waals surface area contributed by atoms with Gasteiger partial charge in [-0.1, -0.05) is 20.3 Å². The van der Waals surface area contributed by atoms with Crippen LogP contribution in [0.25, 0.3) is 0 Å². The third kappa shape index (κ3) is 4.56. The predicted molar refractivity (Wildman–Crippen MR) is 81.1 cm³/mol. The Balaban J connectivity index is 2.90. The monoisotopic (exact) mass is 304 g/mol. The quantitative estimate of drug-likeness (QED) is 0.776. The van der Waals surface area contributed by atoms with Crippen LogP contribution in [0.3, 0.4) is 0 Å². The number of hydrogen-bond acceptors (Lipinski definition) is 4. The molecule has 0 aliphatic carbocycles. The van der Waals surface area contributed by atoms with E-state index in [-0.39, 0.29) is 6.04 Å². The molecule has 0 aliphatic rings. The third-order valence-electron chi connectivity index (χ3n) is 3.05. The molecule has 0 aromatic carbocycles. The van der Waals surface area contributed by atoms with Gasteiger partial charge in [0.25, 0.3) is 0 Å². The van der Waals surface area contributed by atoms with E-state index in [0.717, 1.165) is 29.7 Å². The Hall–Kier alpha value is -0.430. The average molecular weight is 304 g/mol. The lowest BCUT2D eigenvalue weighted by Crippen LogP contribution is -2.33. The topological polar surface area (TPSA) is 58.2 Å². The molecule has 1 aromatic heterocycles. The van der Waals surface area contributed by atoms with Crippen molar-refractivity contribution in [3.8, 4) is 0 Å². The maximum atomic E-state index is 12.3. The second-order valence-corrected chi connectivity index (χ2v) is 7.79. The summed E-state index contributed by atoms with van der Waals surface area (Å²) in [5.74, 6) is 0. The highest BCUT2D eigenvalue weighted by Gasteiger charge is 2.21. The Labute approximate surface area is 120 Å². The summed E-state index contributed by atoms with van der Waals surface area (Å²) in [6.07, 6.45) is 2.68. The lowest BCUT2D eigenvalue weighted by Gasteiger charge is -2.15. The molecular weight excluding hydrogens is 280 g/mol. The molecular formula is C13H24N2O2S2. The van der Waals surface area contributed by atoms with Crippen LogP contribution in [-0.2, 0) is 16.6 Å². The molecule has 0 spiro atoms. The minimum absolute atomic E-state index is 0.0326. The maximum absolute atomic E-state index is 12.3. The molecule has 2 N–H and O–H groups in total. The van der Waals surface area contributed by atoms with Gasteiger partial charge in [-0.3, -0.25) is 0 Å². The Morgan fingerprint density at radius 1 is 1.37 bits per heavy atom. The summed E-state index contributed by atoms with van der Waals surface area (Å²) in [4.78, 5) is 1.08. The molecule has 1 atom stereocenters. The first-order chi connectivity index (χ1) is 8.94. The molecule has 0 radical (unpaired) electrons. The number of rotatable bonds is 8. The van der Waals surface area contributed by atoms with Crippen LogP contribution < -0.4 is 10.0 Å². The number of thiophene rings is 1. The van der Waals surface area contributed by atoms with Crippen molar-refractivity contribution in [3.05, 3.63) is 16.5 Å². The molecule has 0 aliphatic heterocycles. The zero-order valence-electron chi connectivity index (χ0n) is 12.1. The molecule has 6 heteroatoms. The van der Waals surface area contributed by atoms with Crippen LogP contribution >= 0.6 is 11.3 Å². The fourth-order valence-corrected chi connectivity index (χ4v) is 4.90. The first-order valence-electron chi connectivity index (χ1n) is 6.70. The summed E-state index contributed by atoms with van der Waals surface area (Å²) in [5, 5.41) is 3.06. The van der Waals surface area contributed by atoms with Crippen LogP contribution in [0.2, 0.25) is 0 Å². The van der Waals surface area contributed by atoms with Crippen molar-refractivity contribution >= 4 is 21.4 Å². The molecule has 0 amide bonds. The molecule has 0 bridgehead atoms. The summed E-state index contributed by atoms with van der Waals surface area (Å²) in [5.41, 5.74) is 1.03. The zero-order chi connectivity index (χ0) is 14.5. The fraction of sp³-hybridized carbons (Fsp3) is 0.692. The molecule has 0 fully saturated rings. The first-order valence-corrected chi connectivity index (χ1v) is 9.00. The molecule has 0 saturated heterocycles. The molecule has 4 nitrogen and oxygen atoms in total. The van der Waals surface area contributed by atoms with E-state index in [2.05, 4.69) is 17.0 Å². The zero-order valence-corrected chi connectivity index (χ0v) is 13.7. The first kappa shape index (κ1) is 16.6. The molecule has 1 aromatic rings. The highest BCUT2D eigenvalue weighted by atomic mass is 32.2. The Bertz CT molecular complexity index is 495. The van der Waals surface area contributed by atoms with Gasteiger partial charge in [0.15, 0.2) is 0 Å². The van der Waals surface area contributed by atoms with Gasteiger partial charge in [0.2, 0.25) is 10.0 Å². The predicted octanol–water partition coefficient (Wildman–Crippen LogP) is 2.63. The van der Waals surface area contributed by atoms with Crippen LogP contribution in [-0.4, -0.2) is 21.5 Å². The van der Waals surface area contributed by atoms with E-state index in [1.54, 1.807) is 6.07 Å². The fourth-order valence-electron chi connectivity index (χ4n) is 1.93. The molecule has 1 unspecified atom stereocenters. The van der Waals surface area contributed by atoms with E-state index >= 15 is 0 Å². The van der Waals surface area contributed by atoms with Gasteiger partial charge in [0.1, 0.15) is 4.21 Å². The largest absolute Gasteiger partial charge is 0.315 e. The normalized spacial score (nSPS) is 13.7. The summed E-state index contributed by atoms with van der Waals surface area (Å²) in [6.45, 7) is 6.73. The Kier molecular flexibility index (Phi) is 6.46. The number of hydrogen-bond donors (Lipinski definition) is 2. The molecule has 110 valence electrons. The van der Waals surface area contributed by atoms with E-state index in [9.17, 15) is 8.42 Å². The van der Waals surface area contributed by atoms with Crippen molar-refractivity contribution in [1.82, 2.24) is 10.0 Å². The van der Waals surface area contributed by atoms with Gasteiger partial charge in [0.05, 0.1) is 0 Å². The van der Waals surface area contributed by atoms with E-state index in [1.165, 1.54) is 11.3 Å². The van der Waals surface area contributed by atoms with E-state index in [4.69, 9.17) is 0 Å². The van der Waals surface area contributed by atoms with Crippen LogP contribution in [0, 0.1) is 6.92 Å². The van der Waals surface area contributed by atoms with Gasteiger partial charge in [-0.15, -0.1) is 11.3 Å². The number of aryl methyl sites for hydroxylation is 1. The smallest absolute Gasteiger partial charge is 0.250 e. The van der Waals surface area contributed by atoms with Crippen molar-refractivity contribution < 1.29 is 8.42 Å². The van der Waals surface area contributed by atoms with E-state index in [0.29, 0.717) is 10.8 Å². The second kappa shape index (κ2) is 7.38. The SMILES string of the molecule is CCCC(CC)NS(=O)(=O)c1cc(C)c(CNC)s1. The lowest BCUT2D eigenvalue weighted by atomic mass is 10.1. The summed E-state index contributed by atoms with van der Waals surface area (Å²) >= 11 is 1.35. The highest BCUT2D eigenvalue weighted by Crippen LogP contribution is 2.26. The summed E-state index contributed by atoms with van der Waals surface area (Å²) in [6, 6.07) is 1.79. The highest BCUT2D eigenvalue weighted by molar-refractivity contribution is 7.91. The minimum Gasteiger partial charge on any atom is -0.315 e. The molecule has 1 heterocycles. The summed E-state index contributed by atoms with van der Waals surface area (Å²) in [7, 11) is -1.51. The van der Waals surface area contributed by atoms with Crippen LogP contribution in [0.4, 0.5) is 0 Å². The molecule has 0 saturated carbocycles. The van der Waals surface area contributed by atoms with Gasteiger partial charge in [-0.05, 0) is 38.4 Å². The number of nitrogens with one attached hydrogen (secondary N) is 2.